The Bertz CT molecular complexity index is 1130. The molecule has 1 aromatic heterocycles. The SMILES string of the molecule is CCOC(=O)[C@H]1[C@@H]2OC3(CC2Br)C(C(=O)NCn2nnc4ccccc42)N(CCCO)C(=O)[C@H]13. The summed E-state index contributed by atoms with van der Waals surface area (Å²) in [6.45, 7) is 2.00. The van der Waals surface area contributed by atoms with Gasteiger partial charge in [-0.15, -0.1) is 5.10 Å². The van der Waals surface area contributed by atoms with E-state index in [4.69, 9.17) is 9.47 Å². The fourth-order valence-corrected chi connectivity index (χ4v) is 6.65. The first-order valence-electron chi connectivity index (χ1n) is 11.4. The summed E-state index contributed by atoms with van der Waals surface area (Å²) in [5, 5.41) is 20.4. The van der Waals surface area contributed by atoms with Crippen molar-refractivity contribution in [2.24, 2.45) is 11.8 Å². The molecule has 2 N–H and O–H groups in total. The summed E-state index contributed by atoms with van der Waals surface area (Å²) in [7, 11) is 0. The summed E-state index contributed by atoms with van der Waals surface area (Å²) in [6.07, 6.45) is 0.156. The summed E-state index contributed by atoms with van der Waals surface area (Å²) < 4.78 is 13.2. The Labute approximate surface area is 203 Å². The van der Waals surface area contributed by atoms with Crippen molar-refractivity contribution in [1.29, 1.82) is 0 Å². The smallest absolute Gasteiger partial charge is 0.312 e. The maximum absolute atomic E-state index is 13.6. The van der Waals surface area contributed by atoms with Gasteiger partial charge < -0.3 is 24.8 Å². The normalized spacial score (nSPS) is 31.8. The van der Waals surface area contributed by atoms with Gasteiger partial charge in [0.25, 0.3) is 0 Å². The van der Waals surface area contributed by atoms with E-state index in [2.05, 4.69) is 31.6 Å². The highest BCUT2D eigenvalue weighted by molar-refractivity contribution is 9.09. The molecule has 0 saturated carbocycles. The number of rotatable bonds is 8. The van der Waals surface area contributed by atoms with Gasteiger partial charge in [-0.25, -0.2) is 4.68 Å². The zero-order chi connectivity index (χ0) is 24.0. The van der Waals surface area contributed by atoms with Gasteiger partial charge in [-0.1, -0.05) is 33.3 Å². The minimum atomic E-state index is -1.16. The lowest BCUT2D eigenvalue weighted by Gasteiger charge is -2.33. The summed E-state index contributed by atoms with van der Waals surface area (Å²) in [5.41, 5.74) is 0.310. The van der Waals surface area contributed by atoms with Crippen LogP contribution in [-0.2, 0) is 30.5 Å². The number of ether oxygens (including phenoxy) is 2. The Balaban J connectivity index is 1.45. The number of alkyl halides is 1. The first-order valence-corrected chi connectivity index (χ1v) is 12.3. The van der Waals surface area contributed by atoms with E-state index in [1.165, 1.54) is 4.90 Å². The lowest BCUT2D eigenvalue weighted by Crippen LogP contribution is -2.56. The summed E-state index contributed by atoms with van der Waals surface area (Å²) in [4.78, 5) is 41.2. The zero-order valence-corrected chi connectivity index (χ0v) is 20.2. The molecule has 3 saturated heterocycles. The molecular weight excluding hydrogens is 510 g/mol. The van der Waals surface area contributed by atoms with Crippen molar-refractivity contribution in [3.05, 3.63) is 24.3 Å². The molecule has 0 radical (unpaired) electrons. The number of benzene rings is 1. The second-order valence-corrected chi connectivity index (χ2v) is 9.98. The standard InChI is InChI=1S/C22H26BrN5O6/c1-2-33-21(32)15-16-20(31)27(8-5-9-29)18(22(16)10-12(23)17(15)34-22)19(30)24-11-28-14-7-4-3-6-13(14)25-26-28/h3-4,6-7,12,15-18,29H,2,5,8-11H2,1H3,(H,24,30)/t12?,15-,16+,17-,18?,22?/m1/s1. The van der Waals surface area contributed by atoms with Crippen LogP contribution in [0.3, 0.4) is 0 Å². The molecule has 2 aromatic rings. The molecule has 4 heterocycles. The third-order valence-electron chi connectivity index (χ3n) is 6.98. The van der Waals surface area contributed by atoms with Crippen LogP contribution in [0.25, 0.3) is 11.0 Å². The molecule has 3 aliphatic rings. The summed E-state index contributed by atoms with van der Waals surface area (Å²) in [5.74, 6) is -2.82. The van der Waals surface area contributed by atoms with Gasteiger partial charge in [0, 0.05) is 18.0 Å². The molecule has 2 amide bonds. The van der Waals surface area contributed by atoms with E-state index >= 15 is 0 Å². The fraction of sp³-hybridized carbons (Fsp3) is 0.591. The molecule has 3 aliphatic heterocycles. The largest absolute Gasteiger partial charge is 0.466 e. The highest BCUT2D eigenvalue weighted by Gasteiger charge is 2.76. The van der Waals surface area contributed by atoms with Crippen LogP contribution in [-0.4, -0.2) is 85.1 Å². The highest BCUT2D eigenvalue weighted by atomic mass is 79.9. The maximum Gasteiger partial charge on any atom is 0.312 e. The third-order valence-corrected chi connectivity index (χ3v) is 7.82. The number of carbonyl (C=O) groups is 3. The van der Waals surface area contributed by atoms with E-state index < -0.39 is 41.5 Å². The minimum Gasteiger partial charge on any atom is -0.466 e. The van der Waals surface area contributed by atoms with Crippen LogP contribution in [0.5, 0.6) is 0 Å². The number of likely N-dealkylation sites (tertiary alicyclic amines) is 1. The Hall–Kier alpha value is -2.57. The van der Waals surface area contributed by atoms with Gasteiger partial charge in [0.15, 0.2) is 0 Å². The maximum atomic E-state index is 13.6. The van der Waals surface area contributed by atoms with Crippen molar-refractivity contribution in [3.8, 4) is 0 Å². The van der Waals surface area contributed by atoms with E-state index in [0.29, 0.717) is 18.4 Å². The van der Waals surface area contributed by atoms with Gasteiger partial charge in [0.05, 0.1) is 30.1 Å². The Morgan fingerprint density at radius 3 is 2.94 bits per heavy atom. The van der Waals surface area contributed by atoms with E-state index in [-0.39, 0.29) is 37.2 Å². The van der Waals surface area contributed by atoms with Gasteiger partial charge in [-0.2, -0.15) is 0 Å². The van der Waals surface area contributed by atoms with Crippen molar-refractivity contribution < 1.29 is 29.0 Å². The average molecular weight is 536 g/mol. The topological polar surface area (TPSA) is 136 Å². The predicted octanol–water partition coefficient (Wildman–Crippen LogP) is 0.199. The van der Waals surface area contributed by atoms with Crippen LogP contribution in [0.15, 0.2) is 24.3 Å². The average Bonchev–Trinajstić information content (AvgIpc) is 3.53. The predicted molar refractivity (Wildman–Crippen MR) is 121 cm³/mol. The van der Waals surface area contributed by atoms with Crippen LogP contribution in [0.1, 0.15) is 19.8 Å². The lowest BCUT2D eigenvalue weighted by molar-refractivity contribution is -0.154. The molecule has 3 unspecified atom stereocenters. The monoisotopic (exact) mass is 535 g/mol. The molecule has 0 aliphatic carbocycles. The van der Waals surface area contributed by atoms with E-state index in [0.717, 1.165) is 5.52 Å². The van der Waals surface area contributed by atoms with E-state index in [1.807, 2.05) is 24.3 Å². The first kappa shape index (κ1) is 23.2. The molecule has 1 aromatic carbocycles. The van der Waals surface area contributed by atoms with Crippen LogP contribution in [0.4, 0.5) is 0 Å². The molecule has 1 spiro atoms. The van der Waals surface area contributed by atoms with Gasteiger partial charge in [0.2, 0.25) is 11.8 Å². The van der Waals surface area contributed by atoms with Crippen molar-refractivity contribution >= 4 is 44.7 Å². The zero-order valence-electron chi connectivity index (χ0n) is 18.6. The van der Waals surface area contributed by atoms with Crippen molar-refractivity contribution in [2.75, 3.05) is 19.8 Å². The molecule has 182 valence electrons. The number of hydrogen-bond donors (Lipinski definition) is 2. The van der Waals surface area contributed by atoms with Crippen LogP contribution >= 0.6 is 15.9 Å². The van der Waals surface area contributed by atoms with E-state index in [1.54, 1.807) is 11.6 Å². The van der Waals surface area contributed by atoms with Crippen molar-refractivity contribution in [1.82, 2.24) is 25.2 Å². The number of esters is 1. The Morgan fingerprint density at radius 2 is 2.18 bits per heavy atom. The number of fused-ring (bicyclic) bond motifs is 2. The number of para-hydroxylation sites is 1. The fourth-order valence-electron chi connectivity index (χ4n) is 5.70. The summed E-state index contributed by atoms with van der Waals surface area (Å²) >= 11 is 3.60. The molecule has 3 fully saturated rings. The number of aliphatic hydroxyl groups excluding tert-OH is 1. The lowest BCUT2D eigenvalue weighted by atomic mass is 9.70. The first-order chi connectivity index (χ1) is 16.4. The number of carbonyl (C=O) groups excluding carboxylic acids is 3. The number of hydrogen-bond acceptors (Lipinski definition) is 8. The van der Waals surface area contributed by atoms with Gasteiger partial charge in [0.1, 0.15) is 23.8 Å². The number of nitrogens with one attached hydrogen (secondary N) is 1. The number of halogens is 1. The molecule has 2 bridgehead atoms. The number of aliphatic hydroxyl groups is 1. The van der Waals surface area contributed by atoms with Crippen molar-refractivity contribution in [2.45, 2.75) is 49.0 Å². The van der Waals surface area contributed by atoms with Crippen LogP contribution in [0, 0.1) is 11.8 Å². The second kappa shape index (κ2) is 8.90. The number of amides is 2. The molecule has 12 heteroatoms. The van der Waals surface area contributed by atoms with Crippen LogP contribution in [0.2, 0.25) is 0 Å². The van der Waals surface area contributed by atoms with Gasteiger partial charge in [-0.3, -0.25) is 14.4 Å². The highest BCUT2D eigenvalue weighted by Crippen LogP contribution is 2.60. The van der Waals surface area contributed by atoms with Crippen LogP contribution < -0.4 is 5.32 Å². The summed E-state index contributed by atoms with van der Waals surface area (Å²) in [6, 6.07) is 6.44. The minimum absolute atomic E-state index is 0.0566. The number of aromatic nitrogens is 3. The molecule has 5 rings (SSSR count). The Kier molecular flexibility index (Phi) is 6.07. The molecule has 6 atom stereocenters. The number of nitrogens with zero attached hydrogens (tertiary/aromatic N) is 4. The Morgan fingerprint density at radius 1 is 1.38 bits per heavy atom. The third kappa shape index (κ3) is 3.42. The van der Waals surface area contributed by atoms with Gasteiger partial charge >= 0.3 is 5.97 Å². The van der Waals surface area contributed by atoms with E-state index in [9.17, 15) is 19.5 Å². The van der Waals surface area contributed by atoms with Gasteiger partial charge in [-0.05, 0) is 31.9 Å². The van der Waals surface area contributed by atoms with Crippen molar-refractivity contribution in [3.63, 3.8) is 0 Å². The molecule has 34 heavy (non-hydrogen) atoms. The second-order valence-electron chi connectivity index (χ2n) is 8.80. The molecule has 11 nitrogen and oxygen atoms in total. The quantitative estimate of drug-likeness (QED) is 0.361. The molecular formula is C22H26BrN5O6.